The van der Waals surface area contributed by atoms with Crippen LogP contribution in [-0.4, -0.2) is 78.1 Å². The third-order valence-corrected chi connectivity index (χ3v) is 28.7. The second kappa shape index (κ2) is 18.2. The van der Waals surface area contributed by atoms with E-state index in [1.165, 1.54) is 4.68 Å². The molecule has 4 atom stereocenters. The van der Waals surface area contributed by atoms with Gasteiger partial charge in [-0.2, -0.15) is 4.68 Å². The van der Waals surface area contributed by atoms with E-state index in [2.05, 4.69) is 126 Å². The first-order valence-corrected chi connectivity index (χ1v) is 28.3. The van der Waals surface area contributed by atoms with Gasteiger partial charge in [0.25, 0.3) is 5.16 Å². The lowest BCUT2D eigenvalue weighted by molar-refractivity contribution is -0.00630. The van der Waals surface area contributed by atoms with E-state index in [9.17, 15) is 8.42 Å². The number of benzene rings is 1. The van der Waals surface area contributed by atoms with Crippen molar-refractivity contribution in [2.75, 3.05) is 12.4 Å². The van der Waals surface area contributed by atoms with Crippen molar-refractivity contribution in [1.82, 2.24) is 20.2 Å². The fourth-order valence-electron chi connectivity index (χ4n) is 7.56. The van der Waals surface area contributed by atoms with Crippen molar-refractivity contribution in [3.63, 3.8) is 0 Å². The third-order valence-electron chi connectivity index (χ3n) is 11.9. The summed E-state index contributed by atoms with van der Waals surface area (Å²) in [4.78, 5) is 0. The van der Waals surface area contributed by atoms with E-state index in [1.807, 2.05) is 18.2 Å². The Balaban J connectivity index is 2.60. The molecule has 0 radical (unpaired) electrons. The zero-order chi connectivity index (χ0) is 38.3. The fourth-order valence-corrected chi connectivity index (χ4v) is 18.9. The molecule has 0 aliphatic carbocycles. The second-order valence-electron chi connectivity index (χ2n) is 17.0. The lowest BCUT2D eigenvalue weighted by atomic mass is 9.89. The molecule has 0 aliphatic heterocycles. The smallest absolute Gasteiger partial charge is 0.272 e. The van der Waals surface area contributed by atoms with Crippen molar-refractivity contribution >= 4 is 34.8 Å². The van der Waals surface area contributed by atoms with Crippen LogP contribution in [0.15, 0.2) is 35.5 Å². The normalized spacial score (nSPS) is 16.3. The second-order valence-corrected chi connectivity index (χ2v) is 34.0. The predicted molar refractivity (Wildman–Crippen MR) is 215 cm³/mol. The third kappa shape index (κ3) is 10.5. The van der Waals surface area contributed by atoms with Crippen LogP contribution in [0.2, 0.25) is 52.9 Å². The molecule has 0 saturated heterocycles. The predicted octanol–water partition coefficient (Wildman–Crippen LogP) is 10.1. The largest absolute Gasteiger partial charge is 0.416 e. The first kappa shape index (κ1) is 44.9. The van der Waals surface area contributed by atoms with Crippen LogP contribution in [0.5, 0.6) is 0 Å². The molecule has 2 rings (SSSR count). The van der Waals surface area contributed by atoms with Crippen molar-refractivity contribution in [2.24, 2.45) is 11.8 Å². The maximum atomic E-state index is 14.0. The average molecular weight is 769 g/mol. The summed E-state index contributed by atoms with van der Waals surface area (Å²) in [5.41, 5.74) is 2.04. The van der Waals surface area contributed by atoms with E-state index in [4.69, 9.17) is 13.3 Å². The van der Waals surface area contributed by atoms with Gasteiger partial charge in [-0.15, -0.1) is 0 Å². The molecule has 0 aliphatic rings. The van der Waals surface area contributed by atoms with E-state index in [1.54, 1.807) is 12.1 Å². The zero-order valence-electron chi connectivity index (χ0n) is 34.4. The van der Waals surface area contributed by atoms with Crippen molar-refractivity contribution in [2.45, 2.75) is 174 Å². The maximum absolute atomic E-state index is 14.0. The molecule has 0 N–H and O–H groups in total. The number of tetrazole rings is 1. The molecule has 9 nitrogen and oxygen atoms in total. The molecule has 0 unspecified atom stereocenters. The first-order valence-electron chi connectivity index (χ1n) is 19.1. The minimum Gasteiger partial charge on any atom is -0.416 e. The summed E-state index contributed by atoms with van der Waals surface area (Å²) in [6.07, 6.45) is -0.168. The Hall–Kier alpha value is -1.23. The van der Waals surface area contributed by atoms with Crippen LogP contribution < -0.4 is 0 Å². The number of hydrogen-bond acceptors (Lipinski definition) is 8. The molecular formula is C37H72N4O5SSi3. The summed E-state index contributed by atoms with van der Waals surface area (Å²) in [5, 5.41) is 11.6. The highest BCUT2D eigenvalue weighted by atomic mass is 32.2. The van der Waals surface area contributed by atoms with Gasteiger partial charge >= 0.3 is 0 Å². The number of aromatic nitrogens is 4. The van der Waals surface area contributed by atoms with E-state index in [0.717, 1.165) is 18.1 Å². The Kier molecular flexibility index (Phi) is 16.4. The van der Waals surface area contributed by atoms with Gasteiger partial charge in [-0.3, -0.25) is 0 Å². The lowest BCUT2D eigenvalue weighted by Crippen LogP contribution is -2.53. The van der Waals surface area contributed by atoms with E-state index in [-0.39, 0.29) is 40.0 Å². The van der Waals surface area contributed by atoms with Crippen molar-refractivity contribution < 1.29 is 21.7 Å². The van der Waals surface area contributed by atoms with Gasteiger partial charge < -0.3 is 13.3 Å². The number of nitrogens with zero attached hydrogens (tertiary/aromatic N) is 4. The summed E-state index contributed by atoms with van der Waals surface area (Å²) in [6, 6.07) is 12.1. The number of rotatable bonds is 21. The van der Waals surface area contributed by atoms with Gasteiger partial charge in [-0.25, -0.2) is 8.42 Å². The molecule has 0 amide bonds. The SMILES string of the molecule is CC[Si](CC)(CC)O[C@@H](CCS(=O)(=O)c1nnnn1-c1ccccc1)[C@@H](C)[C@@H](O[Si](C)(C)C(C)(C)C)[C@@H](C)CO[Si](C(C)C)(C(C)C)C(C)C. The van der Waals surface area contributed by atoms with Crippen LogP contribution >= 0.6 is 0 Å². The van der Waals surface area contributed by atoms with Crippen molar-refractivity contribution in [1.29, 1.82) is 0 Å². The van der Waals surface area contributed by atoms with Crippen LogP contribution in [0.4, 0.5) is 0 Å². The Morgan fingerprint density at radius 2 is 1.34 bits per heavy atom. The van der Waals surface area contributed by atoms with Gasteiger partial charge in [0.1, 0.15) is 0 Å². The number of para-hydroxylation sites is 1. The minimum absolute atomic E-state index is 0.000818. The zero-order valence-corrected chi connectivity index (χ0v) is 38.2. The molecule has 0 bridgehead atoms. The molecule has 0 fully saturated rings. The summed E-state index contributed by atoms with van der Waals surface area (Å²) in [7, 11) is -10.4. The van der Waals surface area contributed by atoms with Crippen molar-refractivity contribution in [3.8, 4) is 5.69 Å². The van der Waals surface area contributed by atoms with Gasteiger partial charge in [-0.05, 0) is 81.9 Å². The molecule has 1 heterocycles. The van der Waals surface area contributed by atoms with E-state index in [0.29, 0.717) is 35.3 Å². The standard InChI is InChI=1S/C37H72N4O5SSi3/c1-17-49(18-2,19-3)45-34(25-26-47(42,43)36-38-39-40-41(36)33-23-21-20-22-24-33)32(11)35(46-48(15,16)37(12,13)14)31(10)27-44-50(28(4)5,29(6)7)30(8)9/h20-24,28-32,34-35H,17-19,25-27H2,1-16H3/t31-,32+,34-,35-/m0/s1. The van der Waals surface area contributed by atoms with Crippen LogP contribution in [0.25, 0.3) is 5.69 Å². The van der Waals surface area contributed by atoms with Gasteiger partial charge in [0.2, 0.25) is 9.84 Å². The Morgan fingerprint density at radius 1 is 0.820 bits per heavy atom. The van der Waals surface area contributed by atoms with Gasteiger partial charge in [0.15, 0.2) is 25.0 Å². The number of sulfone groups is 1. The summed E-state index contributed by atoms with van der Waals surface area (Å²) < 4.78 is 51.2. The summed E-state index contributed by atoms with van der Waals surface area (Å²) in [5.74, 6) is -0.123. The van der Waals surface area contributed by atoms with Crippen LogP contribution in [0, 0.1) is 11.8 Å². The molecule has 1 aromatic heterocycles. The Labute approximate surface area is 309 Å². The monoisotopic (exact) mass is 768 g/mol. The highest BCUT2D eigenvalue weighted by Crippen LogP contribution is 2.44. The van der Waals surface area contributed by atoms with E-state index < -0.39 is 34.8 Å². The molecule has 2 aromatic rings. The molecule has 0 spiro atoms. The number of hydrogen-bond donors (Lipinski definition) is 0. The van der Waals surface area contributed by atoms with Gasteiger partial charge in [0.05, 0.1) is 23.6 Å². The molecular weight excluding hydrogens is 697 g/mol. The highest BCUT2D eigenvalue weighted by molar-refractivity contribution is 7.91. The van der Waals surface area contributed by atoms with E-state index >= 15 is 0 Å². The minimum atomic E-state index is -3.85. The van der Waals surface area contributed by atoms with Gasteiger partial charge in [-0.1, -0.05) is 120 Å². The highest BCUT2D eigenvalue weighted by Gasteiger charge is 2.48. The van der Waals surface area contributed by atoms with Crippen molar-refractivity contribution in [3.05, 3.63) is 30.3 Å². The molecule has 13 heteroatoms. The van der Waals surface area contributed by atoms with Crippen LogP contribution in [0.1, 0.15) is 103 Å². The molecule has 1 aromatic carbocycles. The fraction of sp³-hybridized carbons (Fsp3) is 0.811. The molecule has 0 saturated carbocycles. The lowest BCUT2D eigenvalue weighted by Gasteiger charge is -2.47. The maximum Gasteiger partial charge on any atom is 0.272 e. The van der Waals surface area contributed by atoms with Crippen LogP contribution in [-0.2, 0) is 23.1 Å². The summed E-state index contributed by atoms with van der Waals surface area (Å²) in [6.45, 7) is 37.2. The molecule has 288 valence electrons. The topological polar surface area (TPSA) is 105 Å². The van der Waals surface area contributed by atoms with Crippen LogP contribution in [0.3, 0.4) is 0 Å². The quantitative estimate of drug-likeness (QED) is 0.116. The Morgan fingerprint density at radius 3 is 1.80 bits per heavy atom. The first-order chi connectivity index (χ1) is 23.1. The average Bonchev–Trinajstić information content (AvgIpc) is 3.55. The Bertz CT molecular complexity index is 1380. The molecule has 50 heavy (non-hydrogen) atoms. The van der Waals surface area contributed by atoms with Gasteiger partial charge in [0, 0.05) is 18.4 Å². The summed E-state index contributed by atoms with van der Waals surface area (Å²) >= 11 is 0.